The second kappa shape index (κ2) is 13.7. The molecule has 2 amide bonds. The van der Waals surface area contributed by atoms with Gasteiger partial charge < -0.3 is 29.6 Å². The number of fused-ring (bicyclic) bond motifs is 1. The molecule has 9 nitrogen and oxygen atoms in total. The number of nitrogens with zero attached hydrogens (tertiary/aromatic N) is 1. The molecule has 0 fully saturated rings. The van der Waals surface area contributed by atoms with Crippen molar-refractivity contribution in [2.75, 3.05) is 13.2 Å². The molecule has 43 heavy (non-hydrogen) atoms. The van der Waals surface area contributed by atoms with Gasteiger partial charge >= 0.3 is 5.63 Å². The lowest BCUT2D eigenvalue weighted by molar-refractivity contribution is -0.118. The first-order valence-corrected chi connectivity index (χ1v) is 15.0. The van der Waals surface area contributed by atoms with Crippen molar-refractivity contribution in [3.63, 3.8) is 0 Å². The van der Waals surface area contributed by atoms with Crippen molar-refractivity contribution < 1.29 is 29.0 Å². The summed E-state index contributed by atoms with van der Waals surface area (Å²) in [6.07, 6.45) is -0.804. The van der Waals surface area contributed by atoms with Gasteiger partial charge in [0.2, 0.25) is 5.91 Å². The van der Waals surface area contributed by atoms with E-state index in [0.29, 0.717) is 27.3 Å². The molecule has 1 aliphatic carbocycles. The van der Waals surface area contributed by atoms with E-state index < -0.39 is 35.7 Å². The molecule has 4 aromatic rings. The molecule has 0 radical (unpaired) electrons. The minimum Gasteiger partial charge on any atom is -0.482 e. The van der Waals surface area contributed by atoms with E-state index in [4.69, 9.17) is 20.8 Å². The minimum absolute atomic E-state index is 0.00880. The second-order valence-corrected chi connectivity index (χ2v) is 11.6. The fraction of sp³-hybridized carbons (Fsp3) is 0.219. The standard InChI is InChI=1S/C32H28ClIN2O7/c33-22-11-9-19(10-12-22)18-36(31(40)23-15-20-5-1-3-7-26(20)43-32(23)41)25-16-21(30(39)35-13-14-37)17-28(29(25)38)42-27-8-4-2-6-24(27)34/h1-12,15,17,25,28-29,37-38H,13-14,16,18H2,(H,35,39)/t25-,28+,29+/m1/s1. The van der Waals surface area contributed by atoms with Crippen molar-refractivity contribution in [2.24, 2.45) is 0 Å². The van der Waals surface area contributed by atoms with Gasteiger partial charge in [-0.05, 0) is 70.6 Å². The number of hydrogen-bond donors (Lipinski definition) is 3. The van der Waals surface area contributed by atoms with Crippen molar-refractivity contribution >= 4 is 57.0 Å². The average Bonchev–Trinajstić information content (AvgIpc) is 3.01. The molecule has 3 N–H and O–H groups in total. The molecule has 1 aromatic heterocycles. The third-order valence-electron chi connectivity index (χ3n) is 7.11. The van der Waals surface area contributed by atoms with Gasteiger partial charge in [-0.2, -0.15) is 0 Å². The summed E-state index contributed by atoms with van der Waals surface area (Å²) in [5.74, 6) is -0.653. The molecule has 1 heterocycles. The summed E-state index contributed by atoms with van der Waals surface area (Å²) in [6, 6.07) is 21.4. The van der Waals surface area contributed by atoms with Gasteiger partial charge in [0.25, 0.3) is 5.91 Å². The highest BCUT2D eigenvalue weighted by atomic mass is 127. The van der Waals surface area contributed by atoms with Gasteiger partial charge in [-0.3, -0.25) is 9.59 Å². The SMILES string of the molecule is O=C(NCCO)C1=C[C@H](Oc2ccccc2I)[C@@H](O)[C@H](N(Cc2ccc(Cl)cc2)C(=O)c2cc3ccccc3oc2=O)C1. The first-order valence-electron chi connectivity index (χ1n) is 13.5. The minimum atomic E-state index is -1.28. The Balaban J connectivity index is 1.58. The third-order valence-corrected chi connectivity index (χ3v) is 8.26. The molecule has 0 bridgehead atoms. The predicted molar refractivity (Wildman–Crippen MR) is 170 cm³/mol. The number of aliphatic hydroxyl groups excluding tert-OH is 2. The number of aliphatic hydroxyl groups is 2. The van der Waals surface area contributed by atoms with Crippen LogP contribution >= 0.6 is 34.2 Å². The lowest BCUT2D eigenvalue weighted by Gasteiger charge is -2.40. The second-order valence-electron chi connectivity index (χ2n) is 9.99. The number of amides is 2. The van der Waals surface area contributed by atoms with Crippen LogP contribution in [0.5, 0.6) is 5.75 Å². The largest absolute Gasteiger partial charge is 0.482 e. The Bertz CT molecular complexity index is 1720. The highest BCUT2D eigenvalue weighted by Crippen LogP contribution is 2.31. The highest BCUT2D eigenvalue weighted by Gasteiger charge is 2.41. The summed E-state index contributed by atoms with van der Waals surface area (Å²) < 4.78 is 12.4. The molecule has 0 spiro atoms. The Morgan fingerprint density at radius 1 is 1.07 bits per heavy atom. The number of rotatable bonds is 9. The maximum absolute atomic E-state index is 14.2. The molecule has 222 valence electrons. The Morgan fingerprint density at radius 3 is 2.53 bits per heavy atom. The Morgan fingerprint density at radius 2 is 1.79 bits per heavy atom. The van der Waals surface area contributed by atoms with Gasteiger partial charge in [-0.1, -0.05) is 54.1 Å². The molecule has 3 atom stereocenters. The predicted octanol–water partition coefficient (Wildman–Crippen LogP) is 4.31. The van der Waals surface area contributed by atoms with Crippen LogP contribution in [0.2, 0.25) is 5.02 Å². The van der Waals surface area contributed by atoms with Crippen LogP contribution in [0.3, 0.4) is 0 Å². The lowest BCUT2D eigenvalue weighted by atomic mass is 9.87. The number of carbonyl (C=O) groups is 2. The fourth-order valence-electron chi connectivity index (χ4n) is 4.96. The zero-order chi connectivity index (χ0) is 30.5. The number of benzene rings is 3. The lowest BCUT2D eigenvalue weighted by Crippen LogP contribution is -2.55. The quantitative estimate of drug-likeness (QED) is 0.174. The Labute approximate surface area is 265 Å². The van der Waals surface area contributed by atoms with Gasteiger partial charge in [0.1, 0.15) is 29.1 Å². The summed E-state index contributed by atoms with van der Waals surface area (Å²) in [6.45, 7) is -0.242. The smallest absolute Gasteiger partial charge is 0.349 e. The summed E-state index contributed by atoms with van der Waals surface area (Å²) in [5.41, 5.74) is 0.252. The van der Waals surface area contributed by atoms with E-state index in [1.807, 2.05) is 12.1 Å². The summed E-state index contributed by atoms with van der Waals surface area (Å²) in [7, 11) is 0. The molecule has 3 aromatic carbocycles. The van der Waals surface area contributed by atoms with E-state index in [1.54, 1.807) is 60.7 Å². The monoisotopic (exact) mass is 714 g/mol. The summed E-state index contributed by atoms with van der Waals surface area (Å²) in [5, 5.41) is 24.7. The zero-order valence-corrected chi connectivity index (χ0v) is 25.7. The van der Waals surface area contributed by atoms with E-state index in [-0.39, 0.29) is 37.3 Å². The highest BCUT2D eigenvalue weighted by molar-refractivity contribution is 14.1. The maximum Gasteiger partial charge on any atom is 0.349 e. The summed E-state index contributed by atoms with van der Waals surface area (Å²) >= 11 is 8.21. The van der Waals surface area contributed by atoms with Crippen molar-refractivity contribution in [1.82, 2.24) is 10.2 Å². The van der Waals surface area contributed by atoms with E-state index in [0.717, 1.165) is 3.57 Å². The molecule has 5 rings (SSSR count). The van der Waals surface area contributed by atoms with Crippen LogP contribution in [0.15, 0.2) is 99.7 Å². The molecule has 1 aliphatic rings. The van der Waals surface area contributed by atoms with E-state index in [1.165, 1.54) is 17.0 Å². The number of nitrogens with one attached hydrogen (secondary N) is 1. The van der Waals surface area contributed by atoms with E-state index >= 15 is 0 Å². The Kier molecular flexibility index (Phi) is 9.81. The molecule has 11 heteroatoms. The van der Waals surface area contributed by atoms with Gasteiger partial charge in [-0.25, -0.2) is 4.79 Å². The van der Waals surface area contributed by atoms with Gasteiger partial charge in [0, 0.05) is 35.5 Å². The van der Waals surface area contributed by atoms with Crippen LogP contribution in [-0.4, -0.2) is 58.3 Å². The van der Waals surface area contributed by atoms with Crippen molar-refractivity contribution in [3.05, 3.63) is 121 Å². The number of hydrogen-bond acceptors (Lipinski definition) is 7. The third kappa shape index (κ3) is 7.10. The topological polar surface area (TPSA) is 129 Å². The molecular formula is C32H28ClIN2O7. The molecular weight excluding hydrogens is 687 g/mol. The average molecular weight is 715 g/mol. The van der Waals surface area contributed by atoms with Crippen LogP contribution in [0, 0.1) is 3.57 Å². The first kappa shape index (κ1) is 30.7. The molecule has 0 aliphatic heterocycles. The van der Waals surface area contributed by atoms with Crippen LogP contribution in [-0.2, 0) is 11.3 Å². The van der Waals surface area contributed by atoms with Crippen molar-refractivity contribution in [3.8, 4) is 5.75 Å². The van der Waals surface area contributed by atoms with Crippen molar-refractivity contribution in [1.29, 1.82) is 0 Å². The van der Waals surface area contributed by atoms with E-state index in [2.05, 4.69) is 27.9 Å². The first-order chi connectivity index (χ1) is 20.7. The Hall–Kier alpha value is -3.71. The molecule has 0 unspecified atom stereocenters. The number of halogens is 2. The van der Waals surface area contributed by atoms with Crippen LogP contribution in [0.4, 0.5) is 0 Å². The van der Waals surface area contributed by atoms with Crippen LogP contribution in [0.1, 0.15) is 22.3 Å². The van der Waals surface area contributed by atoms with Crippen LogP contribution in [0.25, 0.3) is 11.0 Å². The van der Waals surface area contributed by atoms with Gasteiger partial charge in [-0.15, -0.1) is 0 Å². The fourth-order valence-corrected chi connectivity index (χ4v) is 5.60. The van der Waals surface area contributed by atoms with Gasteiger partial charge in [0.15, 0.2) is 0 Å². The number of carbonyl (C=O) groups excluding carboxylic acids is 2. The number of para-hydroxylation sites is 2. The summed E-state index contributed by atoms with van der Waals surface area (Å²) in [4.78, 5) is 41.8. The normalized spacial score (nSPS) is 18.1. The van der Waals surface area contributed by atoms with E-state index in [9.17, 15) is 24.6 Å². The van der Waals surface area contributed by atoms with Crippen LogP contribution < -0.4 is 15.7 Å². The zero-order valence-electron chi connectivity index (χ0n) is 22.8. The molecule has 0 saturated heterocycles. The molecule has 0 saturated carbocycles. The maximum atomic E-state index is 14.2. The number of ether oxygens (including phenoxy) is 1. The van der Waals surface area contributed by atoms with Gasteiger partial charge in [0.05, 0.1) is 16.2 Å². The van der Waals surface area contributed by atoms with Crippen molar-refractivity contribution in [2.45, 2.75) is 31.2 Å².